The van der Waals surface area contributed by atoms with Crippen molar-refractivity contribution in [2.24, 2.45) is 0 Å². The summed E-state index contributed by atoms with van der Waals surface area (Å²) in [5.41, 5.74) is 0. The number of aliphatic hydroxyl groups excluding tert-OH is 4. The first kappa shape index (κ1) is 12.6. The highest BCUT2D eigenvalue weighted by molar-refractivity contribution is 4.89. The van der Waals surface area contributed by atoms with Crippen LogP contribution >= 0.6 is 0 Å². The van der Waals surface area contributed by atoms with E-state index in [2.05, 4.69) is 6.58 Å². The molecule has 0 aromatic rings. The molecule has 1 aliphatic heterocycles. The smallest absolute Gasteiger partial charge is 0.187 e. The Balaban J connectivity index is 2.60. The Morgan fingerprint density at radius 1 is 1.20 bits per heavy atom. The van der Waals surface area contributed by atoms with Crippen molar-refractivity contribution in [1.82, 2.24) is 0 Å². The molecular formula is C9H16O6. The maximum Gasteiger partial charge on any atom is 0.187 e. The second-order valence-electron chi connectivity index (χ2n) is 3.32. The van der Waals surface area contributed by atoms with Crippen LogP contribution < -0.4 is 0 Å². The van der Waals surface area contributed by atoms with Crippen LogP contribution in [0.25, 0.3) is 0 Å². The normalized spacial score (nSPS) is 41.5. The monoisotopic (exact) mass is 220 g/mol. The second kappa shape index (κ2) is 5.55. The molecule has 0 bridgehead atoms. The van der Waals surface area contributed by atoms with E-state index >= 15 is 0 Å². The van der Waals surface area contributed by atoms with Crippen LogP contribution in [0.2, 0.25) is 0 Å². The zero-order valence-electron chi connectivity index (χ0n) is 8.19. The third kappa shape index (κ3) is 2.75. The van der Waals surface area contributed by atoms with Crippen LogP contribution in [-0.2, 0) is 9.47 Å². The molecule has 0 aromatic carbocycles. The topological polar surface area (TPSA) is 99.4 Å². The molecule has 1 saturated heterocycles. The largest absolute Gasteiger partial charge is 0.394 e. The van der Waals surface area contributed by atoms with Gasteiger partial charge in [-0.05, 0) is 0 Å². The van der Waals surface area contributed by atoms with Crippen molar-refractivity contribution in [3.8, 4) is 0 Å². The summed E-state index contributed by atoms with van der Waals surface area (Å²) in [7, 11) is 0. The Morgan fingerprint density at radius 2 is 1.87 bits per heavy atom. The predicted octanol–water partition coefficient (Wildman–Crippen LogP) is -2.01. The summed E-state index contributed by atoms with van der Waals surface area (Å²) >= 11 is 0. The fourth-order valence-corrected chi connectivity index (χ4v) is 1.37. The summed E-state index contributed by atoms with van der Waals surface area (Å²) in [5.74, 6) is 0. The van der Waals surface area contributed by atoms with Crippen molar-refractivity contribution in [3.63, 3.8) is 0 Å². The first-order valence-electron chi connectivity index (χ1n) is 4.64. The Bertz CT molecular complexity index is 207. The van der Waals surface area contributed by atoms with Crippen LogP contribution in [-0.4, -0.2) is 64.3 Å². The van der Waals surface area contributed by atoms with Gasteiger partial charge >= 0.3 is 0 Å². The van der Waals surface area contributed by atoms with E-state index in [-0.39, 0.29) is 6.61 Å². The lowest BCUT2D eigenvalue weighted by Gasteiger charge is -2.39. The molecule has 0 amide bonds. The zero-order valence-corrected chi connectivity index (χ0v) is 8.19. The summed E-state index contributed by atoms with van der Waals surface area (Å²) in [6, 6.07) is 0. The van der Waals surface area contributed by atoms with E-state index in [1.54, 1.807) is 0 Å². The molecule has 1 aliphatic rings. The van der Waals surface area contributed by atoms with Gasteiger partial charge in [0.2, 0.25) is 0 Å². The number of rotatable bonds is 4. The Kier molecular flexibility index (Phi) is 4.65. The van der Waals surface area contributed by atoms with E-state index < -0.39 is 37.3 Å². The number of ether oxygens (including phenoxy) is 2. The van der Waals surface area contributed by atoms with Gasteiger partial charge in [0.1, 0.15) is 24.4 Å². The highest BCUT2D eigenvalue weighted by atomic mass is 16.7. The highest BCUT2D eigenvalue weighted by Crippen LogP contribution is 2.21. The molecule has 6 nitrogen and oxygen atoms in total. The fourth-order valence-electron chi connectivity index (χ4n) is 1.37. The molecule has 1 fully saturated rings. The van der Waals surface area contributed by atoms with E-state index in [4.69, 9.17) is 14.6 Å². The lowest BCUT2D eigenvalue weighted by Crippen LogP contribution is -2.59. The standard InChI is InChI=1S/C9H16O6/c1-2-3-14-9-8(13)7(12)6(11)5(4-10)15-9/h2,5-13H,1,3-4H2/t5-,6-,7+,8+,9+/m1/s1. The maximum atomic E-state index is 9.47. The SMILES string of the molecule is C=CCO[C@H]1O[C@H](CO)[C@@H](O)[C@H](O)[C@@H]1O. The summed E-state index contributed by atoms with van der Waals surface area (Å²) in [6.07, 6.45) is -4.64. The van der Waals surface area contributed by atoms with E-state index in [9.17, 15) is 15.3 Å². The van der Waals surface area contributed by atoms with Gasteiger partial charge in [0.05, 0.1) is 13.2 Å². The Hall–Kier alpha value is -0.500. The van der Waals surface area contributed by atoms with Crippen molar-refractivity contribution in [1.29, 1.82) is 0 Å². The van der Waals surface area contributed by atoms with E-state index in [1.807, 2.05) is 0 Å². The van der Waals surface area contributed by atoms with Crippen molar-refractivity contribution in [2.75, 3.05) is 13.2 Å². The number of hydrogen-bond donors (Lipinski definition) is 4. The summed E-state index contributed by atoms with van der Waals surface area (Å²) in [5, 5.41) is 37.1. The third-order valence-corrected chi connectivity index (χ3v) is 2.23. The predicted molar refractivity (Wildman–Crippen MR) is 49.9 cm³/mol. The minimum Gasteiger partial charge on any atom is -0.394 e. The van der Waals surface area contributed by atoms with Gasteiger partial charge in [-0.1, -0.05) is 6.08 Å². The van der Waals surface area contributed by atoms with Crippen molar-refractivity contribution in [2.45, 2.75) is 30.7 Å². The number of hydrogen-bond acceptors (Lipinski definition) is 6. The van der Waals surface area contributed by atoms with Gasteiger partial charge in [-0.3, -0.25) is 0 Å². The molecule has 15 heavy (non-hydrogen) atoms. The van der Waals surface area contributed by atoms with Gasteiger partial charge in [0.25, 0.3) is 0 Å². The maximum absolute atomic E-state index is 9.47. The van der Waals surface area contributed by atoms with Gasteiger partial charge in [0.15, 0.2) is 6.29 Å². The van der Waals surface area contributed by atoms with Gasteiger partial charge in [-0.25, -0.2) is 0 Å². The summed E-state index contributed by atoms with van der Waals surface area (Å²) in [4.78, 5) is 0. The lowest BCUT2D eigenvalue weighted by atomic mass is 9.99. The molecule has 88 valence electrons. The highest BCUT2D eigenvalue weighted by Gasteiger charge is 2.43. The Labute approximate surface area is 87.4 Å². The molecule has 5 atom stereocenters. The van der Waals surface area contributed by atoms with Gasteiger partial charge in [-0.2, -0.15) is 0 Å². The molecule has 1 rings (SSSR count). The van der Waals surface area contributed by atoms with Crippen molar-refractivity contribution in [3.05, 3.63) is 12.7 Å². The molecule has 0 unspecified atom stereocenters. The second-order valence-corrected chi connectivity index (χ2v) is 3.32. The molecule has 0 aliphatic carbocycles. The molecule has 0 saturated carbocycles. The van der Waals surface area contributed by atoms with Crippen LogP contribution in [0.5, 0.6) is 0 Å². The lowest BCUT2D eigenvalue weighted by molar-refractivity contribution is -0.298. The van der Waals surface area contributed by atoms with Gasteiger partial charge < -0.3 is 29.9 Å². The van der Waals surface area contributed by atoms with Crippen LogP contribution in [0, 0.1) is 0 Å². The summed E-state index contributed by atoms with van der Waals surface area (Å²) < 4.78 is 10.1. The van der Waals surface area contributed by atoms with E-state index in [0.717, 1.165) is 0 Å². The van der Waals surface area contributed by atoms with E-state index in [1.165, 1.54) is 6.08 Å². The van der Waals surface area contributed by atoms with E-state index in [0.29, 0.717) is 0 Å². The Morgan fingerprint density at radius 3 is 2.40 bits per heavy atom. The first-order valence-corrected chi connectivity index (χ1v) is 4.64. The van der Waals surface area contributed by atoms with Crippen LogP contribution in [0.1, 0.15) is 0 Å². The van der Waals surface area contributed by atoms with Gasteiger partial charge in [0, 0.05) is 0 Å². The molecule has 1 heterocycles. The third-order valence-electron chi connectivity index (χ3n) is 2.23. The first-order chi connectivity index (χ1) is 7.11. The molecule has 0 radical (unpaired) electrons. The fraction of sp³-hybridized carbons (Fsp3) is 0.778. The van der Waals surface area contributed by atoms with Crippen LogP contribution in [0.15, 0.2) is 12.7 Å². The minimum atomic E-state index is -1.40. The average Bonchev–Trinajstić information content (AvgIpc) is 2.25. The minimum absolute atomic E-state index is 0.142. The van der Waals surface area contributed by atoms with Crippen LogP contribution in [0.3, 0.4) is 0 Å². The average molecular weight is 220 g/mol. The molecule has 0 spiro atoms. The van der Waals surface area contributed by atoms with Crippen LogP contribution in [0.4, 0.5) is 0 Å². The van der Waals surface area contributed by atoms with Crippen molar-refractivity contribution < 1.29 is 29.9 Å². The molecule has 4 N–H and O–H groups in total. The molecular weight excluding hydrogens is 204 g/mol. The zero-order chi connectivity index (χ0) is 11.4. The molecule has 6 heteroatoms. The summed E-state index contributed by atoms with van der Waals surface area (Å²) in [6.45, 7) is 3.10. The van der Waals surface area contributed by atoms with Gasteiger partial charge in [-0.15, -0.1) is 6.58 Å². The molecule has 0 aromatic heterocycles. The quantitative estimate of drug-likeness (QED) is 0.408. The number of aliphatic hydroxyl groups is 4. The van der Waals surface area contributed by atoms with Crippen molar-refractivity contribution >= 4 is 0 Å².